The third-order valence-corrected chi connectivity index (χ3v) is 3.69. The minimum absolute atomic E-state index is 0.526. The van der Waals surface area contributed by atoms with Gasteiger partial charge in [-0.15, -0.1) is 0 Å². The molecule has 0 radical (unpaired) electrons. The molecule has 2 N–H and O–H groups in total. The molecule has 0 spiro atoms. The Morgan fingerprint density at radius 2 is 1.95 bits per heavy atom. The molecule has 108 valence electrons. The average molecular weight is 280 g/mol. The van der Waals surface area contributed by atoms with Crippen molar-refractivity contribution in [2.24, 2.45) is 13.0 Å². The predicted octanol–water partition coefficient (Wildman–Crippen LogP) is 3.42. The van der Waals surface area contributed by atoms with Crippen molar-refractivity contribution in [2.75, 3.05) is 5.73 Å². The maximum absolute atomic E-state index is 6.21. The normalized spacial score (nSPS) is 11.4. The summed E-state index contributed by atoms with van der Waals surface area (Å²) in [5.74, 6) is 1.27. The Bertz CT molecular complexity index is 781. The fourth-order valence-corrected chi connectivity index (χ4v) is 2.70. The van der Waals surface area contributed by atoms with Gasteiger partial charge < -0.3 is 5.73 Å². The van der Waals surface area contributed by atoms with Crippen LogP contribution in [0.3, 0.4) is 0 Å². The number of rotatable bonds is 3. The summed E-state index contributed by atoms with van der Waals surface area (Å²) < 4.78 is 1.76. The summed E-state index contributed by atoms with van der Waals surface area (Å²) in [5, 5.41) is 5.76. The van der Waals surface area contributed by atoms with Crippen molar-refractivity contribution in [1.82, 2.24) is 14.8 Å². The van der Waals surface area contributed by atoms with Crippen molar-refractivity contribution in [3.05, 3.63) is 42.1 Å². The molecule has 3 aromatic rings. The van der Waals surface area contributed by atoms with E-state index in [-0.39, 0.29) is 0 Å². The van der Waals surface area contributed by atoms with Crippen LogP contribution in [0.4, 0.5) is 5.82 Å². The van der Waals surface area contributed by atoms with E-state index < -0.39 is 0 Å². The standard InChI is InChI=1S/C17H20N4/c1-11(2)10-14-16(20-21(3)17(14)18)13-8-4-6-12-7-5-9-19-15(12)13/h4-9,11H,10,18H2,1-3H3. The number of anilines is 1. The lowest BCUT2D eigenvalue weighted by Gasteiger charge is -2.08. The Balaban J connectivity index is 2.26. The minimum atomic E-state index is 0.526. The van der Waals surface area contributed by atoms with Gasteiger partial charge >= 0.3 is 0 Å². The Morgan fingerprint density at radius 1 is 1.19 bits per heavy atom. The molecule has 0 unspecified atom stereocenters. The van der Waals surface area contributed by atoms with E-state index in [0.29, 0.717) is 5.92 Å². The third-order valence-electron chi connectivity index (χ3n) is 3.69. The summed E-state index contributed by atoms with van der Waals surface area (Å²) in [6.45, 7) is 4.38. The Kier molecular flexibility index (Phi) is 3.37. The van der Waals surface area contributed by atoms with E-state index in [4.69, 9.17) is 5.73 Å². The SMILES string of the molecule is CC(C)Cc1c(-c2cccc3cccnc23)nn(C)c1N. The molecular weight excluding hydrogens is 260 g/mol. The number of aryl methyl sites for hydroxylation is 1. The van der Waals surface area contributed by atoms with Crippen LogP contribution in [-0.2, 0) is 13.5 Å². The summed E-state index contributed by atoms with van der Waals surface area (Å²) in [6.07, 6.45) is 2.73. The Morgan fingerprint density at radius 3 is 2.71 bits per heavy atom. The number of aromatic nitrogens is 3. The number of pyridine rings is 1. The van der Waals surface area contributed by atoms with E-state index in [1.807, 2.05) is 25.4 Å². The molecule has 2 heterocycles. The zero-order valence-electron chi connectivity index (χ0n) is 12.7. The van der Waals surface area contributed by atoms with Crippen molar-refractivity contribution in [3.63, 3.8) is 0 Å². The van der Waals surface area contributed by atoms with Gasteiger partial charge in [-0.3, -0.25) is 9.67 Å². The maximum atomic E-state index is 6.21. The number of nitrogens with two attached hydrogens (primary N) is 1. The largest absolute Gasteiger partial charge is 0.384 e. The minimum Gasteiger partial charge on any atom is -0.384 e. The average Bonchev–Trinajstić information content (AvgIpc) is 2.74. The lowest BCUT2D eigenvalue weighted by Crippen LogP contribution is -2.02. The highest BCUT2D eigenvalue weighted by Crippen LogP contribution is 2.32. The van der Waals surface area contributed by atoms with Crippen LogP contribution in [0.1, 0.15) is 19.4 Å². The zero-order chi connectivity index (χ0) is 15.0. The van der Waals surface area contributed by atoms with Crippen LogP contribution in [-0.4, -0.2) is 14.8 Å². The monoisotopic (exact) mass is 280 g/mol. The van der Waals surface area contributed by atoms with Gasteiger partial charge in [0.25, 0.3) is 0 Å². The quantitative estimate of drug-likeness (QED) is 0.799. The van der Waals surface area contributed by atoms with Crippen molar-refractivity contribution in [2.45, 2.75) is 20.3 Å². The van der Waals surface area contributed by atoms with Gasteiger partial charge in [0, 0.05) is 29.8 Å². The van der Waals surface area contributed by atoms with Gasteiger partial charge in [0.2, 0.25) is 0 Å². The predicted molar refractivity (Wildman–Crippen MR) is 86.9 cm³/mol. The zero-order valence-corrected chi connectivity index (χ0v) is 12.7. The summed E-state index contributed by atoms with van der Waals surface area (Å²) in [6, 6.07) is 10.2. The number of fused-ring (bicyclic) bond motifs is 1. The van der Waals surface area contributed by atoms with Gasteiger partial charge in [0.05, 0.1) is 11.2 Å². The van der Waals surface area contributed by atoms with Crippen molar-refractivity contribution in [3.8, 4) is 11.3 Å². The second kappa shape index (κ2) is 5.20. The highest BCUT2D eigenvalue weighted by molar-refractivity contribution is 5.93. The first kappa shape index (κ1) is 13.6. The summed E-state index contributed by atoms with van der Waals surface area (Å²) in [7, 11) is 1.89. The van der Waals surface area contributed by atoms with E-state index in [2.05, 4.69) is 42.1 Å². The fourth-order valence-electron chi connectivity index (χ4n) is 2.70. The first-order chi connectivity index (χ1) is 10.1. The van der Waals surface area contributed by atoms with Crippen LogP contribution >= 0.6 is 0 Å². The number of nitrogens with zero attached hydrogens (tertiary/aromatic N) is 3. The van der Waals surface area contributed by atoms with E-state index >= 15 is 0 Å². The second-order valence-corrected chi connectivity index (χ2v) is 5.81. The fraction of sp³-hybridized carbons (Fsp3) is 0.294. The molecule has 0 aliphatic carbocycles. The van der Waals surface area contributed by atoms with Crippen LogP contribution in [0.2, 0.25) is 0 Å². The van der Waals surface area contributed by atoms with Crippen LogP contribution in [0, 0.1) is 5.92 Å². The van der Waals surface area contributed by atoms with Crippen molar-refractivity contribution >= 4 is 16.7 Å². The number of hydrogen-bond acceptors (Lipinski definition) is 3. The molecule has 0 aliphatic heterocycles. The Hall–Kier alpha value is -2.36. The highest BCUT2D eigenvalue weighted by atomic mass is 15.3. The van der Waals surface area contributed by atoms with Gasteiger partial charge in [0.1, 0.15) is 5.82 Å². The molecule has 1 aromatic carbocycles. The summed E-state index contributed by atoms with van der Waals surface area (Å²) in [4.78, 5) is 4.53. The molecule has 0 bridgehead atoms. The van der Waals surface area contributed by atoms with Crippen LogP contribution in [0.5, 0.6) is 0 Å². The number of nitrogen functional groups attached to an aromatic ring is 1. The number of para-hydroxylation sites is 1. The molecule has 0 fully saturated rings. The maximum Gasteiger partial charge on any atom is 0.125 e. The van der Waals surface area contributed by atoms with Crippen LogP contribution in [0.15, 0.2) is 36.5 Å². The number of benzene rings is 1. The molecule has 0 saturated carbocycles. The van der Waals surface area contributed by atoms with E-state index in [1.165, 1.54) is 0 Å². The van der Waals surface area contributed by atoms with Gasteiger partial charge in [-0.05, 0) is 18.4 Å². The molecule has 0 atom stereocenters. The Labute approximate surface area is 124 Å². The lowest BCUT2D eigenvalue weighted by atomic mass is 9.97. The second-order valence-electron chi connectivity index (χ2n) is 5.81. The third kappa shape index (κ3) is 2.37. The van der Waals surface area contributed by atoms with Crippen LogP contribution in [0.25, 0.3) is 22.2 Å². The summed E-state index contributed by atoms with van der Waals surface area (Å²) >= 11 is 0. The van der Waals surface area contributed by atoms with Gasteiger partial charge in [-0.25, -0.2) is 0 Å². The van der Waals surface area contributed by atoms with Crippen molar-refractivity contribution < 1.29 is 0 Å². The molecular formula is C17H20N4. The molecule has 3 rings (SSSR count). The topological polar surface area (TPSA) is 56.7 Å². The molecule has 2 aromatic heterocycles. The molecule has 0 saturated heterocycles. The molecule has 4 heteroatoms. The lowest BCUT2D eigenvalue weighted by molar-refractivity contribution is 0.648. The van der Waals surface area contributed by atoms with E-state index in [1.54, 1.807) is 4.68 Å². The smallest absolute Gasteiger partial charge is 0.125 e. The van der Waals surface area contributed by atoms with Gasteiger partial charge in [-0.2, -0.15) is 5.10 Å². The van der Waals surface area contributed by atoms with E-state index in [9.17, 15) is 0 Å². The van der Waals surface area contributed by atoms with Crippen LogP contribution < -0.4 is 5.73 Å². The highest BCUT2D eigenvalue weighted by Gasteiger charge is 2.18. The first-order valence-electron chi connectivity index (χ1n) is 7.23. The molecule has 0 amide bonds. The molecule has 4 nitrogen and oxygen atoms in total. The van der Waals surface area contributed by atoms with Gasteiger partial charge in [-0.1, -0.05) is 38.1 Å². The first-order valence-corrected chi connectivity index (χ1v) is 7.23. The van der Waals surface area contributed by atoms with Gasteiger partial charge in [0.15, 0.2) is 0 Å². The molecule has 0 aliphatic rings. The van der Waals surface area contributed by atoms with Crippen molar-refractivity contribution in [1.29, 1.82) is 0 Å². The summed E-state index contributed by atoms with van der Waals surface area (Å²) in [5.41, 5.74) is 10.3. The van der Waals surface area contributed by atoms with E-state index in [0.717, 1.165) is 40.0 Å². The number of hydrogen-bond donors (Lipinski definition) is 1. The molecule has 21 heavy (non-hydrogen) atoms.